The maximum atomic E-state index is 11.5. The number of amides is 2. The number of hydrogen-bond acceptors (Lipinski definition) is 5. The summed E-state index contributed by atoms with van der Waals surface area (Å²) in [4.78, 5) is 24.0. The number of carbonyl (C=O) groups excluding carboxylic acids is 2. The van der Waals surface area contributed by atoms with Gasteiger partial charge in [-0.05, 0) is 6.42 Å². The second-order valence-corrected chi connectivity index (χ2v) is 7.48. The molecule has 2 amide bonds. The first-order valence-corrected chi connectivity index (χ1v) is 8.49. The Labute approximate surface area is 121 Å². The molecule has 0 aliphatic heterocycles. The number of hydrogen-bond donors (Lipinski definition) is 1. The largest absolute Gasteiger partial charge is 0.500 e. The highest BCUT2D eigenvalue weighted by Crippen LogP contribution is 2.15. The van der Waals surface area contributed by atoms with E-state index in [9.17, 15) is 9.59 Å². The molecule has 0 saturated carbocycles. The highest BCUT2D eigenvalue weighted by Gasteiger charge is 2.37. The summed E-state index contributed by atoms with van der Waals surface area (Å²) in [6.07, 6.45) is 0.724. The first kappa shape index (κ1) is 19.0. The molecule has 0 heterocycles. The second-order valence-electron chi connectivity index (χ2n) is 4.39. The topological polar surface area (TPSA) is 77.1 Å². The quantitative estimate of drug-likeness (QED) is 0.585. The first-order valence-electron chi connectivity index (χ1n) is 6.56. The lowest BCUT2D eigenvalue weighted by atomic mass is 10.4. The van der Waals surface area contributed by atoms with Crippen molar-refractivity contribution in [3.05, 3.63) is 0 Å². The van der Waals surface area contributed by atoms with E-state index in [2.05, 4.69) is 5.32 Å². The zero-order valence-corrected chi connectivity index (χ0v) is 14.0. The number of rotatable bonds is 10. The average molecular weight is 306 g/mol. The lowest BCUT2D eigenvalue weighted by Gasteiger charge is -2.26. The molecule has 0 spiro atoms. The molecule has 0 bridgehead atoms. The third-order valence-electron chi connectivity index (χ3n) is 3.05. The summed E-state index contributed by atoms with van der Waals surface area (Å²) in [5, 5.41) is 2.67. The van der Waals surface area contributed by atoms with Crippen LogP contribution < -0.4 is 5.32 Å². The Morgan fingerprint density at radius 2 is 1.60 bits per heavy atom. The normalized spacial score (nSPS) is 11.2. The summed E-state index contributed by atoms with van der Waals surface area (Å²) in [6, 6.07) is 0.639. The van der Waals surface area contributed by atoms with E-state index < -0.39 is 8.80 Å². The SMILES string of the molecule is CO[Si](CCCN(CCNC(C)=O)C(C)=O)(OC)OC. The van der Waals surface area contributed by atoms with Crippen LogP contribution in [0.2, 0.25) is 6.04 Å². The van der Waals surface area contributed by atoms with Gasteiger partial charge in [0.25, 0.3) is 0 Å². The third-order valence-corrected chi connectivity index (χ3v) is 5.88. The standard InChI is InChI=1S/C12H26N2O5Si/c1-11(15)13-7-9-14(12(2)16)8-6-10-20(17-3,18-4)19-5/h6-10H2,1-5H3,(H,13,15). The molecule has 0 atom stereocenters. The molecule has 0 saturated heterocycles. The smallest absolute Gasteiger partial charge is 0.377 e. The zero-order valence-electron chi connectivity index (χ0n) is 13.0. The van der Waals surface area contributed by atoms with Crippen molar-refractivity contribution in [2.24, 2.45) is 0 Å². The molecule has 7 nitrogen and oxygen atoms in total. The van der Waals surface area contributed by atoms with Gasteiger partial charge in [-0.25, -0.2) is 0 Å². The van der Waals surface area contributed by atoms with Crippen molar-refractivity contribution in [1.82, 2.24) is 10.2 Å². The van der Waals surface area contributed by atoms with Crippen LogP contribution >= 0.6 is 0 Å². The minimum atomic E-state index is -2.58. The Kier molecular flexibility index (Phi) is 9.39. The molecule has 0 aliphatic rings. The summed E-state index contributed by atoms with van der Waals surface area (Å²) < 4.78 is 16.0. The molecule has 0 fully saturated rings. The van der Waals surface area contributed by atoms with Crippen LogP contribution in [0.4, 0.5) is 0 Å². The molecule has 0 aromatic rings. The van der Waals surface area contributed by atoms with Crippen molar-refractivity contribution in [3.8, 4) is 0 Å². The molecular formula is C12H26N2O5Si. The highest BCUT2D eigenvalue weighted by molar-refractivity contribution is 6.60. The highest BCUT2D eigenvalue weighted by atomic mass is 28.4. The number of nitrogens with one attached hydrogen (secondary N) is 1. The van der Waals surface area contributed by atoms with Crippen molar-refractivity contribution in [3.63, 3.8) is 0 Å². The fourth-order valence-corrected chi connectivity index (χ4v) is 3.54. The third kappa shape index (κ3) is 6.99. The monoisotopic (exact) mass is 306 g/mol. The molecule has 0 unspecified atom stereocenters. The van der Waals surface area contributed by atoms with E-state index in [1.54, 1.807) is 26.2 Å². The predicted molar refractivity (Wildman–Crippen MR) is 77.1 cm³/mol. The van der Waals surface area contributed by atoms with Gasteiger partial charge in [-0.2, -0.15) is 0 Å². The van der Waals surface area contributed by atoms with Crippen molar-refractivity contribution in [2.75, 3.05) is 41.0 Å². The summed E-state index contributed by atoms with van der Waals surface area (Å²) in [6.45, 7) is 4.50. The van der Waals surface area contributed by atoms with Gasteiger partial charge in [0.15, 0.2) is 0 Å². The zero-order chi connectivity index (χ0) is 15.6. The van der Waals surface area contributed by atoms with Gasteiger partial charge in [0.1, 0.15) is 0 Å². The van der Waals surface area contributed by atoms with Gasteiger partial charge in [-0.3, -0.25) is 9.59 Å². The van der Waals surface area contributed by atoms with Crippen molar-refractivity contribution < 1.29 is 22.9 Å². The van der Waals surface area contributed by atoms with Gasteiger partial charge < -0.3 is 23.5 Å². The van der Waals surface area contributed by atoms with E-state index in [0.717, 1.165) is 6.42 Å². The average Bonchev–Trinajstić information content (AvgIpc) is 2.41. The molecule has 8 heteroatoms. The molecule has 1 N–H and O–H groups in total. The molecule has 0 aliphatic carbocycles. The van der Waals surface area contributed by atoms with Crippen molar-refractivity contribution in [2.45, 2.75) is 26.3 Å². The Balaban J connectivity index is 4.20. The van der Waals surface area contributed by atoms with Crippen LogP contribution in [0.1, 0.15) is 20.3 Å². The molecule has 118 valence electrons. The van der Waals surface area contributed by atoms with Crippen LogP contribution in [0.3, 0.4) is 0 Å². The van der Waals surface area contributed by atoms with Crippen LogP contribution in [-0.4, -0.2) is 66.5 Å². The number of nitrogens with zero attached hydrogens (tertiary/aromatic N) is 1. The number of carbonyl (C=O) groups is 2. The molecule has 0 radical (unpaired) electrons. The summed E-state index contributed by atoms with van der Waals surface area (Å²) in [5.74, 6) is -0.118. The molecule has 0 aromatic carbocycles. The van der Waals surface area contributed by atoms with Gasteiger partial charge >= 0.3 is 8.80 Å². The van der Waals surface area contributed by atoms with Gasteiger partial charge in [0.2, 0.25) is 11.8 Å². The van der Waals surface area contributed by atoms with Gasteiger partial charge in [0, 0.05) is 60.9 Å². The minimum Gasteiger partial charge on any atom is -0.377 e. The first-order chi connectivity index (χ1) is 9.40. The predicted octanol–water partition coefficient (Wildman–Crippen LogP) is 0.239. The summed E-state index contributed by atoms with van der Waals surface area (Å²) in [7, 11) is 2.13. The second kappa shape index (κ2) is 9.86. The van der Waals surface area contributed by atoms with Crippen LogP contribution in [0.15, 0.2) is 0 Å². The van der Waals surface area contributed by atoms with Crippen LogP contribution in [-0.2, 0) is 22.9 Å². The van der Waals surface area contributed by atoms with Crippen LogP contribution in [0.25, 0.3) is 0 Å². The van der Waals surface area contributed by atoms with E-state index in [-0.39, 0.29) is 11.8 Å². The van der Waals surface area contributed by atoms with Crippen molar-refractivity contribution in [1.29, 1.82) is 0 Å². The maximum Gasteiger partial charge on any atom is 0.500 e. The Hall–Kier alpha value is -0.963. The van der Waals surface area contributed by atoms with Gasteiger partial charge in [0.05, 0.1) is 0 Å². The van der Waals surface area contributed by atoms with E-state index in [0.29, 0.717) is 25.7 Å². The fourth-order valence-electron chi connectivity index (χ4n) is 1.84. The van der Waals surface area contributed by atoms with Crippen LogP contribution in [0, 0.1) is 0 Å². The molecule has 0 aromatic heterocycles. The lowest BCUT2D eigenvalue weighted by Crippen LogP contribution is -2.44. The van der Waals surface area contributed by atoms with E-state index in [4.69, 9.17) is 13.3 Å². The molecular weight excluding hydrogens is 280 g/mol. The van der Waals surface area contributed by atoms with E-state index in [1.807, 2.05) is 0 Å². The van der Waals surface area contributed by atoms with Gasteiger partial charge in [-0.1, -0.05) is 0 Å². The fraction of sp³-hybridized carbons (Fsp3) is 0.833. The van der Waals surface area contributed by atoms with Crippen molar-refractivity contribution >= 4 is 20.6 Å². The minimum absolute atomic E-state index is 0.0186. The maximum absolute atomic E-state index is 11.5. The molecule has 0 rings (SSSR count). The lowest BCUT2D eigenvalue weighted by molar-refractivity contribution is -0.129. The summed E-state index contributed by atoms with van der Waals surface area (Å²) >= 11 is 0. The van der Waals surface area contributed by atoms with E-state index >= 15 is 0 Å². The van der Waals surface area contributed by atoms with Crippen LogP contribution in [0.5, 0.6) is 0 Å². The van der Waals surface area contributed by atoms with Gasteiger partial charge in [-0.15, -0.1) is 0 Å². The Bertz CT molecular complexity index is 302. The Morgan fingerprint density at radius 3 is 2.00 bits per heavy atom. The Morgan fingerprint density at radius 1 is 1.05 bits per heavy atom. The summed E-state index contributed by atoms with van der Waals surface area (Å²) in [5.41, 5.74) is 0. The molecule has 20 heavy (non-hydrogen) atoms. The van der Waals surface area contributed by atoms with E-state index in [1.165, 1.54) is 13.8 Å².